The molecule has 0 bridgehead atoms. The minimum Gasteiger partial charge on any atom is -0.381 e. The number of hydrogen-bond acceptors (Lipinski definition) is 5. The van der Waals surface area contributed by atoms with Crippen molar-refractivity contribution in [2.75, 3.05) is 18.0 Å². The third-order valence-corrected chi connectivity index (χ3v) is 3.83. The van der Waals surface area contributed by atoms with E-state index in [0.29, 0.717) is 23.1 Å². The third kappa shape index (κ3) is 5.43. The summed E-state index contributed by atoms with van der Waals surface area (Å²) >= 11 is 1.30. The van der Waals surface area contributed by atoms with Gasteiger partial charge in [0.2, 0.25) is 5.91 Å². The van der Waals surface area contributed by atoms with Crippen LogP contribution in [0.5, 0.6) is 0 Å². The number of nitrogen functional groups attached to an aromatic ring is 1. The number of aromatic nitrogens is 2. The quantitative estimate of drug-likeness (QED) is 0.603. The number of nitrogens with one attached hydrogen (secondary N) is 1. The highest BCUT2D eigenvalue weighted by atomic mass is 32.2. The van der Waals surface area contributed by atoms with Crippen LogP contribution in [0.1, 0.15) is 12.0 Å². The Kier molecular flexibility index (Phi) is 6.02. The number of carbonyl (C=O) groups excluding carboxylic acids is 1. The van der Waals surface area contributed by atoms with Crippen LogP contribution in [0.2, 0.25) is 0 Å². The van der Waals surface area contributed by atoms with Crippen molar-refractivity contribution in [1.29, 1.82) is 0 Å². The second-order valence-corrected chi connectivity index (χ2v) is 5.44. The van der Waals surface area contributed by atoms with E-state index in [1.165, 1.54) is 23.5 Å². The molecule has 0 fully saturated rings. The fourth-order valence-corrected chi connectivity index (χ4v) is 2.50. The Hall–Kier alpha value is -2.08. The van der Waals surface area contributed by atoms with Crippen molar-refractivity contribution in [1.82, 2.24) is 15.3 Å². The average Bonchev–Trinajstić information content (AvgIpc) is 2.52. The van der Waals surface area contributed by atoms with Gasteiger partial charge in [0.1, 0.15) is 5.03 Å². The molecule has 0 aliphatic heterocycles. The Balaban J connectivity index is 1.63. The molecule has 1 amide bonds. The van der Waals surface area contributed by atoms with Gasteiger partial charge < -0.3 is 11.1 Å². The smallest absolute Gasteiger partial charge is 0.230 e. The van der Waals surface area contributed by atoms with Gasteiger partial charge in [-0.3, -0.25) is 4.79 Å². The molecule has 0 aliphatic rings. The van der Waals surface area contributed by atoms with Crippen LogP contribution in [-0.2, 0) is 11.2 Å². The van der Waals surface area contributed by atoms with E-state index in [1.807, 2.05) is 18.2 Å². The van der Waals surface area contributed by atoms with Crippen LogP contribution in [0.15, 0.2) is 47.8 Å². The average molecular weight is 302 g/mol. The van der Waals surface area contributed by atoms with E-state index in [2.05, 4.69) is 27.4 Å². The van der Waals surface area contributed by atoms with Crippen molar-refractivity contribution in [2.24, 2.45) is 0 Å². The van der Waals surface area contributed by atoms with Gasteiger partial charge in [0.25, 0.3) is 0 Å². The lowest BCUT2D eigenvalue weighted by Crippen LogP contribution is -2.26. The summed E-state index contributed by atoms with van der Waals surface area (Å²) in [6.45, 7) is 0.671. The molecule has 21 heavy (non-hydrogen) atoms. The minimum atomic E-state index is -0.0156. The molecule has 0 saturated heterocycles. The van der Waals surface area contributed by atoms with E-state index in [9.17, 15) is 4.79 Å². The van der Waals surface area contributed by atoms with Gasteiger partial charge in [0.15, 0.2) is 5.82 Å². The number of carbonyl (C=O) groups is 1. The second kappa shape index (κ2) is 8.26. The van der Waals surface area contributed by atoms with Crippen LogP contribution < -0.4 is 11.1 Å². The van der Waals surface area contributed by atoms with E-state index in [0.717, 1.165) is 12.8 Å². The number of hydrogen-bond donors (Lipinski definition) is 2. The van der Waals surface area contributed by atoms with Gasteiger partial charge in [-0.05, 0) is 18.4 Å². The van der Waals surface area contributed by atoms with Crippen molar-refractivity contribution in [3.8, 4) is 0 Å². The minimum absolute atomic E-state index is 0.0156. The zero-order valence-corrected chi connectivity index (χ0v) is 12.5. The molecule has 1 aromatic heterocycles. The number of rotatable bonds is 7. The monoisotopic (exact) mass is 302 g/mol. The first kappa shape index (κ1) is 15.3. The number of benzene rings is 1. The molecule has 3 N–H and O–H groups in total. The van der Waals surface area contributed by atoms with E-state index in [-0.39, 0.29) is 5.91 Å². The van der Waals surface area contributed by atoms with Crippen LogP contribution in [0.3, 0.4) is 0 Å². The normalized spacial score (nSPS) is 10.3. The molecular formula is C15H18N4OS. The summed E-state index contributed by atoms with van der Waals surface area (Å²) < 4.78 is 0. The molecule has 0 spiro atoms. The molecular weight excluding hydrogens is 284 g/mol. The molecule has 5 nitrogen and oxygen atoms in total. The van der Waals surface area contributed by atoms with E-state index >= 15 is 0 Å². The summed E-state index contributed by atoms with van der Waals surface area (Å²) in [6.07, 6.45) is 4.98. The molecule has 2 rings (SSSR count). The van der Waals surface area contributed by atoms with Gasteiger partial charge in [0.05, 0.1) is 5.75 Å². The lowest BCUT2D eigenvalue weighted by Gasteiger charge is -2.06. The topological polar surface area (TPSA) is 80.9 Å². The number of nitrogens with two attached hydrogens (primary N) is 1. The molecule has 0 radical (unpaired) electrons. The Morgan fingerprint density at radius 2 is 1.95 bits per heavy atom. The van der Waals surface area contributed by atoms with Crippen LogP contribution in [0, 0.1) is 0 Å². The zero-order valence-electron chi connectivity index (χ0n) is 11.7. The molecule has 1 aromatic carbocycles. The van der Waals surface area contributed by atoms with Crippen LogP contribution in [-0.4, -0.2) is 28.2 Å². The standard InChI is InChI=1S/C15H18N4OS/c16-14-15(19-10-9-18-14)21-11-13(20)17-8-4-7-12-5-2-1-3-6-12/h1-3,5-6,9-10H,4,7-8,11H2,(H2,16,18)(H,17,20). The van der Waals surface area contributed by atoms with Crippen LogP contribution in [0.25, 0.3) is 0 Å². The molecule has 0 saturated carbocycles. The van der Waals surface area contributed by atoms with Crippen molar-refractivity contribution >= 4 is 23.5 Å². The molecule has 2 aromatic rings. The largest absolute Gasteiger partial charge is 0.381 e. The number of amides is 1. The van der Waals surface area contributed by atoms with E-state index < -0.39 is 0 Å². The highest BCUT2D eigenvalue weighted by molar-refractivity contribution is 8.00. The highest BCUT2D eigenvalue weighted by Crippen LogP contribution is 2.18. The van der Waals surface area contributed by atoms with Crippen molar-refractivity contribution < 1.29 is 4.79 Å². The van der Waals surface area contributed by atoms with Gasteiger partial charge in [0, 0.05) is 18.9 Å². The Bertz CT molecular complexity index is 577. The molecule has 6 heteroatoms. The van der Waals surface area contributed by atoms with Gasteiger partial charge in [-0.2, -0.15) is 0 Å². The molecule has 1 heterocycles. The van der Waals surface area contributed by atoms with Crippen LogP contribution in [0.4, 0.5) is 5.82 Å². The molecule has 0 aliphatic carbocycles. The Morgan fingerprint density at radius 1 is 1.19 bits per heavy atom. The number of nitrogens with zero attached hydrogens (tertiary/aromatic N) is 2. The molecule has 110 valence electrons. The maximum Gasteiger partial charge on any atom is 0.230 e. The number of thioether (sulfide) groups is 1. The fraction of sp³-hybridized carbons (Fsp3) is 0.267. The SMILES string of the molecule is Nc1nccnc1SCC(=O)NCCCc1ccccc1. The lowest BCUT2D eigenvalue weighted by molar-refractivity contribution is -0.118. The van der Waals surface area contributed by atoms with Gasteiger partial charge in [-0.15, -0.1) is 0 Å². The third-order valence-electron chi connectivity index (χ3n) is 2.84. The maximum atomic E-state index is 11.7. The first-order valence-electron chi connectivity index (χ1n) is 6.75. The van der Waals surface area contributed by atoms with E-state index in [4.69, 9.17) is 5.73 Å². The van der Waals surface area contributed by atoms with E-state index in [1.54, 1.807) is 6.20 Å². The predicted octanol–water partition coefficient (Wildman–Crippen LogP) is 1.90. The van der Waals surface area contributed by atoms with Crippen molar-refractivity contribution in [3.63, 3.8) is 0 Å². The van der Waals surface area contributed by atoms with Gasteiger partial charge in [-0.25, -0.2) is 9.97 Å². The fourth-order valence-electron chi connectivity index (χ4n) is 1.80. The Morgan fingerprint density at radius 3 is 2.71 bits per heavy atom. The van der Waals surface area contributed by atoms with Gasteiger partial charge in [-0.1, -0.05) is 42.1 Å². The number of anilines is 1. The maximum absolute atomic E-state index is 11.7. The molecule has 0 atom stereocenters. The zero-order chi connectivity index (χ0) is 14.9. The molecule has 0 unspecified atom stereocenters. The van der Waals surface area contributed by atoms with Crippen molar-refractivity contribution in [3.05, 3.63) is 48.3 Å². The first-order valence-corrected chi connectivity index (χ1v) is 7.74. The second-order valence-electron chi connectivity index (χ2n) is 4.47. The summed E-state index contributed by atoms with van der Waals surface area (Å²) in [5.74, 6) is 0.645. The number of aryl methyl sites for hydroxylation is 1. The summed E-state index contributed by atoms with van der Waals surface area (Å²) in [5.41, 5.74) is 6.95. The van der Waals surface area contributed by atoms with Crippen molar-refractivity contribution in [2.45, 2.75) is 17.9 Å². The summed E-state index contributed by atoms with van der Waals surface area (Å²) in [5, 5.41) is 3.49. The first-order chi connectivity index (χ1) is 10.3. The summed E-state index contributed by atoms with van der Waals surface area (Å²) in [7, 11) is 0. The summed E-state index contributed by atoms with van der Waals surface area (Å²) in [6, 6.07) is 10.2. The lowest BCUT2D eigenvalue weighted by atomic mass is 10.1. The highest BCUT2D eigenvalue weighted by Gasteiger charge is 2.06. The van der Waals surface area contributed by atoms with Gasteiger partial charge >= 0.3 is 0 Å². The Labute approximate surface area is 128 Å². The summed E-state index contributed by atoms with van der Waals surface area (Å²) in [4.78, 5) is 19.7. The van der Waals surface area contributed by atoms with Crippen LogP contribution >= 0.6 is 11.8 Å². The predicted molar refractivity (Wildman–Crippen MR) is 84.9 cm³/mol.